The van der Waals surface area contributed by atoms with E-state index in [1.165, 1.54) is 14.2 Å². The molecule has 0 aromatic heterocycles. The van der Waals surface area contributed by atoms with Crippen molar-refractivity contribution in [2.75, 3.05) is 14.2 Å². The zero-order chi connectivity index (χ0) is 12.7. The highest BCUT2D eigenvalue weighted by Gasteiger charge is 2.19. The number of nitrogens with zero attached hydrogens (tertiary/aromatic N) is 1. The van der Waals surface area contributed by atoms with Gasteiger partial charge in [0.2, 0.25) is 5.91 Å². The van der Waals surface area contributed by atoms with E-state index in [9.17, 15) is 9.59 Å². The number of rotatable bonds is 6. The van der Waals surface area contributed by atoms with Crippen LogP contribution in [0.4, 0.5) is 4.79 Å². The Bertz CT molecular complexity index is 243. The Hall–Kier alpha value is -1.30. The van der Waals surface area contributed by atoms with Crippen molar-refractivity contribution in [3.63, 3.8) is 0 Å². The third kappa shape index (κ3) is 6.23. The molecular weight excluding hydrogens is 212 g/mol. The molecule has 0 unspecified atom stereocenters. The zero-order valence-corrected chi connectivity index (χ0v) is 10.2. The molecule has 0 saturated carbocycles. The van der Waals surface area contributed by atoms with E-state index >= 15 is 0 Å². The highest BCUT2D eigenvalue weighted by Crippen LogP contribution is 2.09. The summed E-state index contributed by atoms with van der Waals surface area (Å²) in [6, 6.07) is -0.373. The second-order valence-corrected chi connectivity index (χ2v) is 4.05. The van der Waals surface area contributed by atoms with Gasteiger partial charge >= 0.3 is 6.09 Å². The van der Waals surface area contributed by atoms with E-state index in [0.717, 1.165) is 5.06 Å². The molecule has 16 heavy (non-hydrogen) atoms. The van der Waals surface area contributed by atoms with Gasteiger partial charge in [-0.3, -0.25) is 9.63 Å². The van der Waals surface area contributed by atoms with Crippen molar-refractivity contribution < 1.29 is 19.5 Å². The lowest BCUT2D eigenvalue weighted by atomic mass is 10.0. The second-order valence-electron chi connectivity index (χ2n) is 4.05. The number of hydroxylamine groups is 2. The van der Waals surface area contributed by atoms with Gasteiger partial charge in [0.15, 0.2) is 0 Å². The number of hydrogen-bond acceptors (Lipinski definition) is 3. The first-order valence-corrected chi connectivity index (χ1v) is 5.17. The Morgan fingerprint density at radius 3 is 2.38 bits per heavy atom. The second kappa shape index (κ2) is 7.05. The van der Waals surface area contributed by atoms with E-state index in [0.29, 0.717) is 12.3 Å². The van der Waals surface area contributed by atoms with E-state index in [-0.39, 0.29) is 18.4 Å². The molecule has 0 rings (SSSR count). The third-order valence-corrected chi connectivity index (χ3v) is 2.13. The minimum atomic E-state index is -1.11. The highest BCUT2D eigenvalue weighted by molar-refractivity contribution is 5.76. The maximum absolute atomic E-state index is 11.5. The number of hydrogen-bond donors (Lipinski definition) is 2. The fourth-order valence-corrected chi connectivity index (χ4v) is 1.38. The van der Waals surface area contributed by atoms with Crippen molar-refractivity contribution in [3.8, 4) is 0 Å². The van der Waals surface area contributed by atoms with E-state index in [2.05, 4.69) is 5.32 Å². The molecule has 0 fully saturated rings. The summed E-state index contributed by atoms with van der Waals surface area (Å²) < 4.78 is 0. The van der Waals surface area contributed by atoms with Crippen molar-refractivity contribution in [1.29, 1.82) is 0 Å². The van der Waals surface area contributed by atoms with E-state index in [1.807, 2.05) is 13.8 Å². The van der Waals surface area contributed by atoms with Crippen molar-refractivity contribution >= 4 is 12.0 Å². The fourth-order valence-electron chi connectivity index (χ4n) is 1.38. The number of carbonyl (C=O) groups is 2. The Kier molecular flexibility index (Phi) is 6.48. The van der Waals surface area contributed by atoms with Gasteiger partial charge in [0.05, 0.1) is 7.11 Å². The molecule has 0 aliphatic rings. The van der Waals surface area contributed by atoms with Crippen LogP contribution in [0.5, 0.6) is 0 Å². The summed E-state index contributed by atoms with van der Waals surface area (Å²) in [7, 11) is 2.88. The highest BCUT2D eigenvalue weighted by atomic mass is 16.7. The SMILES string of the molecule is CON(C)C(=O)C[C@H](CC(C)C)NC(=O)O. The molecule has 6 heteroatoms. The molecule has 2 amide bonds. The number of amides is 2. The maximum Gasteiger partial charge on any atom is 0.404 e. The Labute approximate surface area is 95.5 Å². The number of carboxylic acid groups (broad SMARTS) is 1. The summed E-state index contributed by atoms with van der Waals surface area (Å²) in [6.45, 7) is 3.95. The molecule has 0 radical (unpaired) electrons. The molecule has 1 atom stereocenters. The van der Waals surface area contributed by atoms with E-state index in [1.54, 1.807) is 0 Å². The maximum atomic E-state index is 11.5. The van der Waals surface area contributed by atoms with Crippen LogP contribution < -0.4 is 5.32 Å². The normalized spacial score (nSPS) is 12.3. The molecule has 0 aromatic carbocycles. The minimum Gasteiger partial charge on any atom is -0.465 e. The lowest BCUT2D eigenvalue weighted by Gasteiger charge is -2.21. The van der Waals surface area contributed by atoms with Gasteiger partial charge in [-0.05, 0) is 12.3 Å². The van der Waals surface area contributed by atoms with Crippen LogP contribution >= 0.6 is 0 Å². The van der Waals surface area contributed by atoms with Crippen LogP contribution in [0.1, 0.15) is 26.7 Å². The van der Waals surface area contributed by atoms with E-state index in [4.69, 9.17) is 9.94 Å². The van der Waals surface area contributed by atoms with Crippen molar-refractivity contribution in [2.24, 2.45) is 5.92 Å². The van der Waals surface area contributed by atoms with Gasteiger partial charge < -0.3 is 10.4 Å². The standard InChI is InChI=1S/C10H20N2O4/c1-7(2)5-8(11-10(14)15)6-9(13)12(3)16-4/h7-8,11H,5-6H2,1-4H3,(H,14,15)/t8-/m0/s1. The van der Waals surface area contributed by atoms with Crippen molar-refractivity contribution in [2.45, 2.75) is 32.7 Å². The molecule has 94 valence electrons. The van der Waals surface area contributed by atoms with Crippen LogP contribution in [0, 0.1) is 5.92 Å². The van der Waals surface area contributed by atoms with Crippen LogP contribution in [0.15, 0.2) is 0 Å². The molecule has 2 N–H and O–H groups in total. The molecule has 6 nitrogen and oxygen atoms in total. The number of carbonyl (C=O) groups excluding carboxylic acids is 1. The quantitative estimate of drug-likeness (QED) is 0.672. The van der Waals surface area contributed by atoms with Crippen LogP contribution in [0.3, 0.4) is 0 Å². The zero-order valence-electron chi connectivity index (χ0n) is 10.2. The van der Waals surface area contributed by atoms with Gasteiger partial charge in [-0.15, -0.1) is 0 Å². The van der Waals surface area contributed by atoms with Crippen LogP contribution in [-0.4, -0.2) is 42.4 Å². The lowest BCUT2D eigenvalue weighted by Crippen LogP contribution is -2.39. The van der Waals surface area contributed by atoms with Crippen molar-refractivity contribution in [1.82, 2.24) is 10.4 Å². The first-order chi connectivity index (χ1) is 7.36. The summed E-state index contributed by atoms with van der Waals surface area (Å²) in [4.78, 5) is 26.8. The average molecular weight is 232 g/mol. The third-order valence-electron chi connectivity index (χ3n) is 2.13. The largest absolute Gasteiger partial charge is 0.465 e. The summed E-state index contributed by atoms with van der Waals surface area (Å²) in [5.41, 5.74) is 0. The summed E-state index contributed by atoms with van der Waals surface area (Å²) >= 11 is 0. The van der Waals surface area contributed by atoms with Gasteiger partial charge in [0.25, 0.3) is 0 Å². The molecule has 0 aliphatic heterocycles. The molecule has 0 aliphatic carbocycles. The monoisotopic (exact) mass is 232 g/mol. The Morgan fingerprint density at radius 1 is 1.44 bits per heavy atom. The molecule has 0 aromatic rings. The molecule has 0 saturated heterocycles. The van der Waals surface area contributed by atoms with Crippen LogP contribution in [0.25, 0.3) is 0 Å². The smallest absolute Gasteiger partial charge is 0.404 e. The summed E-state index contributed by atoms with van der Waals surface area (Å²) in [6.07, 6.45) is -0.386. The molecule has 0 heterocycles. The van der Waals surface area contributed by atoms with Gasteiger partial charge in [0, 0.05) is 19.5 Å². The Balaban J connectivity index is 4.29. The number of nitrogens with one attached hydrogen (secondary N) is 1. The average Bonchev–Trinajstić information content (AvgIpc) is 2.14. The van der Waals surface area contributed by atoms with Gasteiger partial charge in [-0.2, -0.15) is 0 Å². The minimum absolute atomic E-state index is 0.106. The fraction of sp³-hybridized carbons (Fsp3) is 0.800. The Morgan fingerprint density at radius 2 is 2.00 bits per heavy atom. The topological polar surface area (TPSA) is 78.9 Å². The molecule has 0 spiro atoms. The van der Waals surface area contributed by atoms with Gasteiger partial charge in [-0.1, -0.05) is 13.8 Å². The first kappa shape index (κ1) is 14.7. The van der Waals surface area contributed by atoms with E-state index < -0.39 is 6.09 Å². The van der Waals surface area contributed by atoms with Gasteiger partial charge in [0.1, 0.15) is 0 Å². The van der Waals surface area contributed by atoms with Crippen LogP contribution in [-0.2, 0) is 9.63 Å². The molecular formula is C10H20N2O4. The molecule has 0 bridgehead atoms. The predicted octanol–water partition coefficient (Wildman–Crippen LogP) is 1.08. The lowest BCUT2D eigenvalue weighted by molar-refractivity contribution is -0.169. The summed E-state index contributed by atoms with van der Waals surface area (Å²) in [5, 5.41) is 12.1. The van der Waals surface area contributed by atoms with Crippen molar-refractivity contribution in [3.05, 3.63) is 0 Å². The van der Waals surface area contributed by atoms with Gasteiger partial charge in [-0.25, -0.2) is 9.86 Å². The summed E-state index contributed by atoms with van der Waals surface area (Å²) in [5.74, 6) is 0.0689. The van der Waals surface area contributed by atoms with Crippen LogP contribution in [0.2, 0.25) is 0 Å². The predicted molar refractivity (Wildman–Crippen MR) is 58.8 cm³/mol. The first-order valence-electron chi connectivity index (χ1n) is 5.17.